The van der Waals surface area contributed by atoms with Crippen LogP contribution in [0.2, 0.25) is 0 Å². The van der Waals surface area contributed by atoms with E-state index in [0.29, 0.717) is 0 Å². The van der Waals surface area contributed by atoms with E-state index in [4.69, 9.17) is 4.84 Å². The van der Waals surface area contributed by atoms with Crippen molar-refractivity contribution in [2.24, 2.45) is 0 Å². The summed E-state index contributed by atoms with van der Waals surface area (Å²) in [6, 6.07) is 25.6. The van der Waals surface area contributed by atoms with E-state index < -0.39 is 5.92 Å². The highest BCUT2D eigenvalue weighted by Crippen LogP contribution is 2.33. The lowest BCUT2D eigenvalue weighted by atomic mass is 9.90. The first kappa shape index (κ1) is 16.7. The fraction of sp³-hybridized carbons (Fsp3) is 0.0909. The molecule has 1 unspecified atom stereocenters. The van der Waals surface area contributed by atoms with Crippen LogP contribution in [0.3, 0.4) is 0 Å². The maximum Gasteiger partial charge on any atom is 0.398 e. The first-order valence-electron chi connectivity index (χ1n) is 8.40. The van der Waals surface area contributed by atoms with E-state index in [0.717, 1.165) is 32.6 Å². The van der Waals surface area contributed by atoms with Gasteiger partial charge in [0.1, 0.15) is 0 Å². The predicted octanol–water partition coefficient (Wildman–Crippen LogP) is 5.15. The highest BCUT2D eigenvalue weighted by molar-refractivity contribution is 9.10. The minimum absolute atomic E-state index is 0.266. The molecule has 0 aliphatic carbocycles. The van der Waals surface area contributed by atoms with E-state index in [1.165, 1.54) is 0 Å². The number of rotatable bonds is 3. The molecular formula is C22H17BrNO2+. The SMILES string of the molecule is Cc1cc(Br)ccc1[N+]1=C(c2ccccc2)C(c2ccccc2)C(=O)O1. The van der Waals surface area contributed by atoms with Gasteiger partial charge in [-0.05, 0) is 36.8 Å². The van der Waals surface area contributed by atoms with Crippen LogP contribution in [0.1, 0.15) is 22.6 Å². The molecule has 1 atom stereocenters. The summed E-state index contributed by atoms with van der Waals surface area (Å²) in [6.45, 7) is 2.01. The van der Waals surface area contributed by atoms with Crippen LogP contribution >= 0.6 is 15.9 Å². The van der Waals surface area contributed by atoms with Gasteiger partial charge < -0.3 is 0 Å². The van der Waals surface area contributed by atoms with Crippen LogP contribution in [0.25, 0.3) is 0 Å². The van der Waals surface area contributed by atoms with Gasteiger partial charge in [-0.1, -0.05) is 64.5 Å². The zero-order valence-electron chi connectivity index (χ0n) is 14.2. The van der Waals surface area contributed by atoms with Gasteiger partial charge in [-0.25, -0.2) is 4.79 Å². The van der Waals surface area contributed by atoms with Gasteiger partial charge in [0, 0.05) is 26.4 Å². The summed E-state index contributed by atoms with van der Waals surface area (Å²) in [6.07, 6.45) is 0. The molecule has 1 aliphatic rings. The number of benzene rings is 3. The molecule has 0 bridgehead atoms. The molecular weight excluding hydrogens is 390 g/mol. The minimum atomic E-state index is -0.457. The van der Waals surface area contributed by atoms with Crippen molar-refractivity contribution in [1.29, 1.82) is 0 Å². The third kappa shape index (κ3) is 2.97. The number of carbonyl (C=O) groups is 1. The van der Waals surface area contributed by atoms with Crippen molar-refractivity contribution in [2.75, 3.05) is 0 Å². The van der Waals surface area contributed by atoms with Gasteiger partial charge in [-0.2, -0.15) is 4.84 Å². The molecule has 0 saturated carbocycles. The Balaban J connectivity index is 1.96. The van der Waals surface area contributed by atoms with Gasteiger partial charge >= 0.3 is 5.97 Å². The second-order valence-corrected chi connectivity index (χ2v) is 7.15. The van der Waals surface area contributed by atoms with Crippen LogP contribution in [0.5, 0.6) is 0 Å². The van der Waals surface area contributed by atoms with Crippen molar-refractivity contribution in [1.82, 2.24) is 0 Å². The van der Waals surface area contributed by atoms with Crippen LogP contribution in [0.4, 0.5) is 5.69 Å². The van der Waals surface area contributed by atoms with Crippen molar-refractivity contribution in [3.8, 4) is 0 Å². The average molecular weight is 407 g/mol. The highest BCUT2D eigenvalue weighted by Gasteiger charge is 2.47. The Morgan fingerprint density at radius 1 is 0.923 bits per heavy atom. The van der Waals surface area contributed by atoms with E-state index in [1.54, 1.807) is 4.74 Å². The highest BCUT2D eigenvalue weighted by atomic mass is 79.9. The van der Waals surface area contributed by atoms with Crippen molar-refractivity contribution < 1.29 is 14.4 Å². The van der Waals surface area contributed by atoms with Gasteiger partial charge in [0.15, 0.2) is 5.92 Å². The molecule has 0 fully saturated rings. The number of carbonyl (C=O) groups excluding carboxylic acids is 1. The van der Waals surface area contributed by atoms with Gasteiger partial charge in [0.05, 0.1) is 0 Å². The lowest BCUT2D eigenvalue weighted by Gasteiger charge is -2.06. The topological polar surface area (TPSA) is 29.3 Å². The summed E-state index contributed by atoms with van der Waals surface area (Å²) in [5.41, 5.74) is 4.61. The van der Waals surface area contributed by atoms with E-state index >= 15 is 0 Å². The smallest absolute Gasteiger partial charge is 0.243 e. The second-order valence-electron chi connectivity index (χ2n) is 6.23. The molecule has 0 N–H and O–H groups in total. The molecule has 128 valence electrons. The van der Waals surface area contributed by atoms with E-state index in [1.807, 2.05) is 85.8 Å². The van der Waals surface area contributed by atoms with Gasteiger partial charge in [0.2, 0.25) is 0 Å². The molecule has 4 heteroatoms. The van der Waals surface area contributed by atoms with Crippen molar-refractivity contribution in [3.05, 3.63) is 100 Å². The van der Waals surface area contributed by atoms with Crippen LogP contribution in [-0.2, 0) is 9.63 Å². The summed E-state index contributed by atoms with van der Waals surface area (Å²) in [5, 5.41) is 0. The quantitative estimate of drug-likeness (QED) is 0.444. The number of halogens is 1. The largest absolute Gasteiger partial charge is 0.398 e. The average Bonchev–Trinajstić information content (AvgIpc) is 3.00. The maximum absolute atomic E-state index is 12.8. The molecule has 0 spiro atoms. The van der Waals surface area contributed by atoms with Crippen LogP contribution in [0, 0.1) is 6.92 Å². The van der Waals surface area contributed by atoms with Crippen molar-refractivity contribution in [2.45, 2.75) is 12.8 Å². The fourth-order valence-electron chi connectivity index (χ4n) is 3.28. The molecule has 3 aromatic carbocycles. The minimum Gasteiger partial charge on any atom is -0.243 e. The van der Waals surface area contributed by atoms with Crippen molar-refractivity contribution in [3.63, 3.8) is 0 Å². The number of hydrogen-bond donors (Lipinski definition) is 0. The Hall–Kier alpha value is -2.72. The molecule has 4 rings (SSSR count). The van der Waals surface area contributed by atoms with E-state index in [-0.39, 0.29) is 5.97 Å². The summed E-state index contributed by atoms with van der Waals surface area (Å²) in [4.78, 5) is 18.6. The molecule has 3 aromatic rings. The van der Waals surface area contributed by atoms with Gasteiger partial charge in [0.25, 0.3) is 11.4 Å². The summed E-state index contributed by atoms with van der Waals surface area (Å²) in [5.74, 6) is -0.723. The molecule has 0 amide bonds. The zero-order valence-corrected chi connectivity index (χ0v) is 15.8. The van der Waals surface area contributed by atoms with E-state index in [2.05, 4.69) is 15.9 Å². The molecule has 3 nitrogen and oxygen atoms in total. The van der Waals surface area contributed by atoms with Gasteiger partial charge in [-0.3, -0.25) is 0 Å². The Morgan fingerprint density at radius 2 is 1.58 bits per heavy atom. The van der Waals surface area contributed by atoms with Crippen LogP contribution < -0.4 is 0 Å². The normalized spacial score (nSPS) is 16.7. The molecule has 1 aliphatic heterocycles. The zero-order chi connectivity index (χ0) is 18.1. The maximum atomic E-state index is 12.8. The molecule has 0 saturated heterocycles. The molecule has 0 radical (unpaired) electrons. The first-order valence-corrected chi connectivity index (χ1v) is 9.20. The summed E-state index contributed by atoms with van der Waals surface area (Å²) in [7, 11) is 0. The lowest BCUT2D eigenvalue weighted by molar-refractivity contribution is -0.692. The Morgan fingerprint density at radius 3 is 2.23 bits per heavy atom. The lowest BCUT2D eigenvalue weighted by Crippen LogP contribution is -2.18. The van der Waals surface area contributed by atoms with Crippen LogP contribution in [-0.4, -0.2) is 16.4 Å². The number of hydrogen-bond acceptors (Lipinski definition) is 2. The summed E-state index contributed by atoms with van der Waals surface area (Å²) >= 11 is 3.49. The van der Waals surface area contributed by atoms with E-state index in [9.17, 15) is 4.79 Å². The summed E-state index contributed by atoms with van der Waals surface area (Å²) < 4.78 is 2.67. The number of aryl methyl sites for hydroxylation is 1. The third-order valence-electron chi connectivity index (χ3n) is 4.49. The Kier molecular flexibility index (Phi) is 4.43. The third-order valence-corrected chi connectivity index (χ3v) is 4.98. The molecule has 1 heterocycles. The second kappa shape index (κ2) is 6.89. The Bertz CT molecular complexity index is 997. The monoisotopic (exact) mass is 406 g/mol. The van der Waals surface area contributed by atoms with Gasteiger partial charge in [-0.15, -0.1) is 0 Å². The first-order chi connectivity index (χ1) is 12.6. The number of nitrogens with zero attached hydrogens (tertiary/aromatic N) is 1. The molecule has 0 aromatic heterocycles. The predicted molar refractivity (Wildman–Crippen MR) is 105 cm³/mol. The Labute approximate surface area is 160 Å². The van der Waals surface area contributed by atoms with Crippen LogP contribution in [0.15, 0.2) is 83.3 Å². The fourth-order valence-corrected chi connectivity index (χ4v) is 3.75. The standard InChI is InChI=1S/C22H17BrNO2/c1-15-14-18(23)12-13-19(15)24-21(17-10-6-3-7-11-17)20(22(25)26-24)16-8-4-2-5-9-16/h2-14,20H,1H3/q+1. The molecule has 26 heavy (non-hydrogen) atoms. The van der Waals surface area contributed by atoms with Crippen molar-refractivity contribution >= 4 is 33.3 Å².